The van der Waals surface area contributed by atoms with Gasteiger partial charge >= 0.3 is 5.69 Å². The van der Waals surface area contributed by atoms with E-state index in [-0.39, 0.29) is 11.3 Å². The van der Waals surface area contributed by atoms with E-state index in [1.54, 1.807) is 54.6 Å². The van der Waals surface area contributed by atoms with Crippen LogP contribution in [0.5, 0.6) is 5.75 Å². The first-order chi connectivity index (χ1) is 15.5. The van der Waals surface area contributed by atoms with Crippen LogP contribution >= 0.6 is 0 Å². The Morgan fingerprint density at radius 1 is 0.938 bits per heavy atom. The molecule has 9 nitrogen and oxygen atoms in total. The number of nitro groups is 1. The fraction of sp³-hybridized carbons (Fsp3) is 0. The van der Waals surface area contributed by atoms with Crippen molar-refractivity contribution in [2.24, 2.45) is 5.10 Å². The van der Waals surface area contributed by atoms with Gasteiger partial charge in [0.05, 0.1) is 11.1 Å². The maximum Gasteiger partial charge on any atom is 0.311 e. The average Bonchev–Trinajstić information content (AvgIpc) is 2.80. The molecule has 3 N–H and O–H groups in total. The number of nitro benzene ring substituents is 1. The molecule has 9 heteroatoms. The fourth-order valence-corrected chi connectivity index (χ4v) is 2.68. The number of carbonyl (C=O) groups excluding carboxylic acids is 2. The predicted octanol–water partition coefficient (Wildman–Crippen LogP) is 3.22. The molecule has 160 valence electrons. The number of amides is 2. The molecule has 0 aliphatic heterocycles. The Bertz CT molecular complexity index is 1190. The SMILES string of the molecule is O=C(N/N=C\c1cccc([N+](=O)[O-])c1O)/C(=C/c1ccccc1)NC(=O)c1ccccc1. The number of rotatable bonds is 7. The highest BCUT2D eigenvalue weighted by Crippen LogP contribution is 2.27. The first-order valence-corrected chi connectivity index (χ1v) is 9.38. The van der Waals surface area contributed by atoms with Crippen molar-refractivity contribution in [2.75, 3.05) is 0 Å². The van der Waals surface area contributed by atoms with Crippen molar-refractivity contribution in [1.29, 1.82) is 0 Å². The Labute approximate surface area is 182 Å². The predicted molar refractivity (Wildman–Crippen MR) is 119 cm³/mol. The lowest BCUT2D eigenvalue weighted by Crippen LogP contribution is -2.32. The summed E-state index contributed by atoms with van der Waals surface area (Å²) in [5, 5.41) is 27.2. The Hall–Kier alpha value is -4.79. The molecule has 3 aromatic rings. The van der Waals surface area contributed by atoms with Gasteiger partial charge in [0.1, 0.15) is 5.70 Å². The Morgan fingerprint density at radius 2 is 1.59 bits per heavy atom. The van der Waals surface area contributed by atoms with E-state index in [2.05, 4.69) is 15.8 Å². The van der Waals surface area contributed by atoms with Crippen molar-refractivity contribution in [2.45, 2.75) is 0 Å². The van der Waals surface area contributed by atoms with E-state index < -0.39 is 28.2 Å². The second-order valence-electron chi connectivity index (χ2n) is 6.46. The molecule has 0 atom stereocenters. The maximum atomic E-state index is 12.7. The van der Waals surface area contributed by atoms with Gasteiger partial charge in [0.25, 0.3) is 11.8 Å². The van der Waals surface area contributed by atoms with Gasteiger partial charge in [-0.05, 0) is 29.8 Å². The molecule has 32 heavy (non-hydrogen) atoms. The summed E-state index contributed by atoms with van der Waals surface area (Å²) >= 11 is 0. The van der Waals surface area contributed by atoms with Crippen molar-refractivity contribution in [3.05, 3.63) is 111 Å². The van der Waals surface area contributed by atoms with Crippen molar-refractivity contribution in [1.82, 2.24) is 10.7 Å². The number of hydrazone groups is 1. The minimum absolute atomic E-state index is 0.0430. The second-order valence-corrected chi connectivity index (χ2v) is 6.46. The molecular formula is C23H18N4O5. The number of benzene rings is 3. The van der Waals surface area contributed by atoms with E-state index in [9.17, 15) is 24.8 Å². The van der Waals surface area contributed by atoms with E-state index in [0.29, 0.717) is 11.1 Å². The Balaban J connectivity index is 1.80. The molecule has 0 spiro atoms. The number of phenols is 1. The molecule has 0 heterocycles. The molecule has 0 aromatic heterocycles. The molecule has 2 amide bonds. The van der Waals surface area contributed by atoms with Crippen LogP contribution in [-0.4, -0.2) is 28.1 Å². The van der Waals surface area contributed by atoms with Gasteiger partial charge in [-0.15, -0.1) is 0 Å². The highest BCUT2D eigenvalue weighted by atomic mass is 16.6. The van der Waals surface area contributed by atoms with Crippen LogP contribution in [-0.2, 0) is 4.79 Å². The van der Waals surface area contributed by atoms with Gasteiger partial charge < -0.3 is 10.4 Å². The van der Waals surface area contributed by atoms with Crippen LogP contribution < -0.4 is 10.7 Å². The van der Waals surface area contributed by atoms with Gasteiger partial charge in [-0.3, -0.25) is 19.7 Å². The van der Waals surface area contributed by atoms with Gasteiger partial charge in [-0.25, -0.2) is 5.43 Å². The van der Waals surface area contributed by atoms with Crippen LogP contribution in [0, 0.1) is 10.1 Å². The first-order valence-electron chi connectivity index (χ1n) is 9.38. The van der Waals surface area contributed by atoms with Crippen molar-refractivity contribution in [3.8, 4) is 5.75 Å². The van der Waals surface area contributed by atoms with Crippen LogP contribution in [0.1, 0.15) is 21.5 Å². The number of aromatic hydroxyl groups is 1. The van der Waals surface area contributed by atoms with Gasteiger partial charge in [0.2, 0.25) is 5.75 Å². The van der Waals surface area contributed by atoms with Crippen LogP contribution in [0.4, 0.5) is 5.69 Å². The van der Waals surface area contributed by atoms with Crippen molar-refractivity contribution < 1.29 is 19.6 Å². The molecule has 0 aliphatic carbocycles. The summed E-state index contributed by atoms with van der Waals surface area (Å²) in [4.78, 5) is 35.4. The first kappa shape index (κ1) is 21.9. The van der Waals surface area contributed by atoms with E-state index in [1.807, 2.05) is 6.07 Å². The van der Waals surface area contributed by atoms with E-state index in [0.717, 1.165) is 12.3 Å². The lowest BCUT2D eigenvalue weighted by Gasteiger charge is -2.09. The zero-order valence-electron chi connectivity index (χ0n) is 16.6. The van der Waals surface area contributed by atoms with Crippen molar-refractivity contribution >= 4 is 29.8 Å². The van der Waals surface area contributed by atoms with E-state index in [1.165, 1.54) is 18.2 Å². The minimum atomic E-state index is -0.731. The molecule has 0 radical (unpaired) electrons. The lowest BCUT2D eigenvalue weighted by atomic mass is 10.1. The van der Waals surface area contributed by atoms with Gasteiger partial charge in [0.15, 0.2) is 0 Å². The highest BCUT2D eigenvalue weighted by molar-refractivity contribution is 6.05. The third-order valence-corrected chi connectivity index (χ3v) is 4.25. The maximum absolute atomic E-state index is 12.7. The number of para-hydroxylation sites is 1. The number of nitrogens with one attached hydrogen (secondary N) is 2. The Morgan fingerprint density at radius 3 is 2.25 bits per heavy atom. The quantitative estimate of drug-likeness (QED) is 0.229. The summed E-state index contributed by atoms with van der Waals surface area (Å²) in [6, 6.07) is 21.2. The fourth-order valence-electron chi connectivity index (χ4n) is 2.68. The molecule has 0 saturated carbocycles. The van der Waals surface area contributed by atoms with E-state index in [4.69, 9.17) is 0 Å². The zero-order chi connectivity index (χ0) is 22.9. The molecule has 3 aromatic carbocycles. The number of hydrogen-bond acceptors (Lipinski definition) is 6. The monoisotopic (exact) mass is 430 g/mol. The second kappa shape index (κ2) is 10.3. The zero-order valence-corrected chi connectivity index (χ0v) is 16.6. The van der Waals surface area contributed by atoms with Gasteiger partial charge in [-0.1, -0.05) is 54.6 Å². The Kier molecular flexibility index (Phi) is 7.05. The van der Waals surface area contributed by atoms with Gasteiger partial charge in [0, 0.05) is 17.2 Å². The van der Waals surface area contributed by atoms with E-state index >= 15 is 0 Å². The van der Waals surface area contributed by atoms with Crippen LogP contribution in [0.2, 0.25) is 0 Å². The number of phenolic OH excluding ortho intramolecular Hbond substituents is 1. The van der Waals surface area contributed by atoms with Crippen molar-refractivity contribution in [3.63, 3.8) is 0 Å². The summed E-state index contributed by atoms with van der Waals surface area (Å²) in [6.45, 7) is 0. The number of nitrogens with zero attached hydrogens (tertiary/aromatic N) is 2. The lowest BCUT2D eigenvalue weighted by molar-refractivity contribution is -0.385. The third-order valence-electron chi connectivity index (χ3n) is 4.25. The summed E-state index contributed by atoms with van der Waals surface area (Å²) in [5.41, 5.74) is 2.78. The normalized spacial score (nSPS) is 11.2. The standard InChI is InChI=1S/C23H18N4O5/c28-21-18(12-7-13-20(21)27(31)32)15-24-26-23(30)19(14-16-8-3-1-4-9-16)25-22(29)17-10-5-2-6-11-17/h1-15,28H,(H,25,29)(H,26,30)/b19-14-,24-15-. The number of carbonyl (C=O) groups is 2. The van der Waals surface area contributed by atoms with Gasteiger partial charge in [-0.2, -0.15) is 5.10 Å². The number of hydrogen-bond donors (Lipinski definition) is 3. The molecule has 0 fully saturated rings. The summed E-state index contributed by atoms with van der Waals surface area (Å²) in [5.74, 6) is -1.78. The topological polar surface area (TPSA) is 134 Å². The molecule has 0 saturated heterocycles. The largest absolute Gasteiger partial charge is 0.502 e. The molecule has 0 bridgehead atoms. The molecule has 3 rings (SSSR count). The van der Waals surface area contributed by atoms with Crippen LogP contribution in [0.25, 0.3) is 6.08 Å². The summed E-state index contributed by atoms with van der Waals surface area (Å²) < 4.78 is 0. The third kappa shape index (κ3) is 5.63. The summed E-state index contributed by atoms with van der Waals surface area (Å²) in [7, 11) is 0. The smallest absolute Gasteiger partial charge is 0.311 e. The molecular weight excluding hydrogens is 412 g/mol. The van der Waals surface area contributed by atoms with Crippen LogP contribution in [0.3, 0.4) is 0 Å². The molecule has 0 aliphatic rings. The highest BCUT2D eigenvalue weighted by Gasteiger charge is 2.16. The van der Waals surface area contributed by atoms with Crippen LogP contribution in [0.15, 0.2) is 89.7 Å². The molecule has 0 unspecified atom stereocenters. The average molecular weight is 430 g/mol. The summed E-state index contributed by atoms with van der Waals surface area (Å²) in [6.07, 6.45) is 2.55. The minimum Gasteiger partial charge on any atom is -0.502 e.